The second-order valence-corrected chi connectivity index (χ2v) is 6.94. The first-order valence-corrected chi connectivity index (χ1v) is 8.84. The molecule has 0 spiro atoms. The first kappa shape index (κ1) is 17.0. The third-order valence-electron chi connectivity index (χ3n) is 5.36. The smallest absolute Gasteiger partial charge is 0.253 e. The first-order chi connectivity index (χ1) is 12.5. The largest absolute Gasteiger partial charge is 0.507 e. The lowest BCUT2D eigenvalue weighted by atomic mass is 10.0. The van der Waals surface area contributed by atoms with Crippen molar-refractivity contribution in [1.82, 2.24) is 9.80 Å². The maximum absolute atomic E-state index is 13.5. The van der Waals surface area contributed by atoms with Gasteiger partial charge in [-0.3, -0.25) is 9.69 Å². The molecule has 0 aromatic heterocycles. The summed E-state index contributed by atoms with van der Waals surface area (Å²) in [4.78, 5) is 17.1. The van der Waals surface area contributed by atoms with Crippen molar-refractivity contribution in [3.8, 4) is 16.9 Å². The number of halogens is 2. The van der Waals surface area contributed by atoms with Crippen LogP contribution in [-0.2, 0) is 0 Å². The zero-order chi connectivity index (χ0) is 18.3. The highest BCUT2D eigenvalue weighted by molar-refractivity contribution is 5.95. The average molecular weight is 358 g/mol. The molecule has 26 heavy (non-hydrogen) atoms. The molecule has 2 aliphatic rings. The molecule has 2 aromatic rings. The monoisotopic (exact) mass is 358 g/mol. The molecule has 0 saturated carbocycles. The molecule has 0 bridgehead atoms. The van der Waals surface area contributed by atoms with Crippen LogP contribution in [0, 0.1) is 11.6 Å². The Labute approximate surface area is 150 Å². The van der Waals surface area contributed by atoms with Crippen LogP contribution in [0.25, 0.3) is 11.1 Å². The van der Waals surface area contributed by atoms with E-state index in [0.29, 0.717) is 17.2 Å². The Morgan fingerprint density at radius 1 is 1.04 bits per heavy atom. The van der Waals surface area contributed by atoms with Gasteiger partial charge in [0.05, 0.1) is 0 Å². The molecule has 0 unspecified atom stereocenters. The fraction of sp³-hybridized carbons (Fsp3) is 0.350. The van der Waals surface area contributed by atoms with Crippen molar-refractivity contribution in [3.63, 3.8) is 0 Å². The fourth-order valence-electron chi connectivity index (χ4n) is 3.92. The van der Waals surface area contributed by atoms with Crippen LogP contribution in [-0.4, -0.2) is 53.0 Å². The topological polar surface area (TPSA) is 43.8 Å². The summed E-state index contributed by atoms with van der Waals surface area (Å²) in [5, 5.41) is 9.85. The summed E-state index contributed by atoms with van der Waals surface area (Å²) in [6.07, 6.45) is 2.33. The van der Waals surface area contributed by atoms with Crippen molar-refractivity contribution >= 4 is 5.91 Å². The Morgan fingerprint density at radius 2 is 1.77 bits per heavy atom. The minimum Gasteiger partial charge on any atom is -0.507 e. The Bertz CT molecular complexity index is 838. The maximum Gasteiger partial charge on any atom is 0.253 e. The Morgan fingerprint density at radius 3 is 2.54 bits per heavy atom. The van der Waals surface area contributed by atoms with E-state index in [9.17, 15) is 18.7 Å². The minimum atomic E-state index is -1.09. The molecule has 4 nitrogen and oxygen atoms in total. The van der Waals surface area contributed by atoms with Crippen LogP contribution in [0.1, 0.15) is 23.2 Å². The van der Waals surface area contributed by atoms with Crippen LogP contribution in [0.15, 0.2) is 36.4 Å². The van der Waals surface area contributed by atoms with Crippen molar-refractivity contribution in [3.05, 3.63) is 53.6 Å². The number of amides is 1. The van der Waals surface area contributed by atoms with Crippen LogP contribution >= 0.6 is 0 Å². The van der Waals surface area contributed by atoms with Crippen molar-refractivity contribution in [1.29, 1.82) is 0 Å². The lowest BCUT2D eigenvalue weighted by molar-refractivity contribution is 0.0571. The van der Waals surface area contributed by atoms with E-state index in [0.717, 1.165) is 44.7 Å². The second-order valence-electron chi connectivity index (χ2n) is 6.94. The van der Waals surface area contributed by atoms with Crippen LogP contribution in [0.4, 0.5) is 8.78 Å². The molecule has 136 valence electrons. The van der Waals surface area contributed by atoms with Crippen LogP contribution in [0.2, 0.25) is 0 Å². The molecule has 1 atom stereocenters. The lowest BCUT2D eigenvalue weighted by Crippen LogP contribution is -2.52. The SMILES string of the molecule is O=C(c1ccc(-c2cc(F)c(F)cc2O)cc1)N1CCN2CCC[C@@H]2C1. The summed E-state index contributed by atoms with van der Waals surface area (Å²) < 4.78 is 26.6. The molecule has 2 fully saturated rings. The van der Waals surface area contributed by atoms with Crippen molar-refractivity contribution < 1.29 is 18.7 Å². The molecule has 6 heteroatoms. The summed E-state index contributed by atoms with van der Waals surface area (Å²) in [5.74, 6) is -2.46. The zero-order valence-electron chi connectivity index (χ0n) is 14.3. The highest BCUT2D eigenvalue weighted by atomic mass is 19.2. The number of carbonyl (C=O) groups is 1. The normalized spacial score (nSPS) is 20.2. The number of carbonyl (C=O) groups excluding carboxylic acids is 1. The van der Waals surface area contributed by atoms with E-state index < -0.39 is 11.6 Å². The number of phenolic OH excluding ortho intramolecular Hbond substituents is 1. The standard InChI is InChI=1S/C20H20F2N2O2/c21-17-10-16(19(25)11-18(17)22)13-3-5-14(6-4-13)20(26)24-9-8-23-7-1-2-15(23)12-24/h3-6,10-11,15,25H,1-2,7-9,12H2/t15-/m1/s1. The molecular weight excluding hydrogens is 338 g/mol. The Balaban J connectivity index is 1.52. The van der Waals surface area contributed by atoms with Crippen molar-refractivity contribution in [2.45, 2.75) is 18.9 Å². The summed E-state index contributed by atoms with van der Waals surface area (Å²) in [5.41, 5.74) is 1.28. The van der Waals surface area contributed by atoms with E-state index in [2.05, 4.69) is 4.90 Å². The van der Waals surface area contributed by atoms with Crippen LogP contribution in [0.3, 0.4) is 0 Å². The molecule has 1 amide bonds. The molecule has 4 rings (SSSR count). The van der Waals surface area contributed by atoms with Gasteiger partial charge in [-0.25, -0.2) is 8.78 Å². The van der Waals surface area contributed by atoms with Gasteiger partial charge in [0.25, 0.3) is 5.91 Å². The third kappa shape index (κ3) is 3.05. The predicted molar refractivity (Wildman–Crippen MR) is 94.0 cm³/mol. The van der Waals surface area contributed by atoms with Gasteiger partial charge in [0, 0.05) is 42.9 Å². The first-order valence-electron chi connectivity index (χ1n) is 8.84. The third-order valence-corrected chi connectivity index (χ3v) is 5.36. The number of aromatic hydroxyl groups is 1. The predicted octanol–water partition coefficient (Wildman–Crippen LogP) is 3.26. The van der Waals surface area contributed by atoms with Crippen molar-refractivity contribution in [2.75, 3.05) is 26.2 Å². The van der Waals surface area contributed by atoms with E-state index in [1.54, 1.807) is 24.3 Å². The van der Waals surface area contributed by atoms with Gasteiger partial charge < -0.3 is 10.0 Å². The Hall–Kier alpha value is -2.47. The molecule has 1 N–H and O–H groups in total. The molecule has 2 aromatic carbocycles. The number of hydrogen-bond acceptors (Lipinski definition) is 3. The number of rotatable bonds is 2. The van der Waals surface area contributed by atoms with Gasteiger partial charge in [0.15, 0.2) is 11.6 Å². The number of phenols is 1. The van der Waals surface area contributed by atoms with Crippen LogP contribution < -0.4 is 0 Å². The van der Waals surface area contributed by atoms with Crippen LogP contribution in [0.5, 0.6) is 5.75 Å². The molecule has 0 aliphatic carbocycles. The number of nitrogens with zero attached hydrogens (tertiary/aromatic N) is 2. The number of fused-ring (bicyclic) bond motifs is 1. The maximum atomic E-state index is 13.5. The van der Waals surface area contributed by atoms with Gasteiger partial charge in [-0.1, -0.05) is 12.1 Å². The van der Waals surface area contributed by atoms with Crippen molar-refractivity contribution in [2.24, 2.45) is 0 Å². The number of benzene rings is 2. The fourth-order valence-corrected chi connectivity index (χ4v) is 3.92. The van der Waals surface area contributed by atoms with E-state index >= 15 is 0 Å². The second kappa shape index (κ2) is 6.68. The Kier molecular flexibility index (Phi) is 4.36. The van der Waals surface area contributed by atoms with E-state index in [4.69, 9.17) is 0 Å². The number of piperazine rings is 1. The van der Waals surface area contributed by atoms with Gasteiger partial charge in [-0.2, -0.15) is 0 Å². The summed E-state index contributed by atoms with van der Waals surface area (Å²) >= 11 is 0. The summed E-state index contributed by atoms with van der Waals surface area (Å²) in [6.45, 7) is 3.52. The molecule has 2 saturated heterocycles. The molecule has 0 radical (unpaired) electrons. The van der Waals surface area contributed by atoms with Gasteiger partial charge in [-0.15, -0.1) is 0 Å². The number of hydrogen-bond donors (Lipinski definition) is 1. The lowest BCUT2D eigenvalue weighted by Gasteiger charge is -2.37. The molecule has 2 heterocycles. The summed E-state index contributed by atoms with van der Waals surface area (Å²) in [6, 6.07) is 8.80. The highest BCUT2D eigenvalue weighted by Crippen LogP contribution is 2.31. The van der Waals surface area contributed by atoms with E-state index in [1.165, 1.54) is 6.42 Å². The van der Waals surface area contributed by atoms with E-state index in [-0.39, 0.29) is 17.2 Å². The average Bonchev–Trinajstić information content (AvgIpc) is 3.12. The highest BCUT2D eigenvalue weighted by Gasteiger charge is 2.32. The summed E-state index contributed by atoms with van der Waals surface area (Å²) in [7, 11) is 0. The zero-order valence-corrected chi connectivity index (χ0v) is 14.3. The quantitative estimate of drug-likeness (QED) is 0.896. The molecule has 2 aliphatic heterocycles. The van der Waals surface area contributed by atoms with Gasteiger partial charge in [0.1, 0.15) is 5.75 Å². The van der Waals surface area contributed by atoms with E-state index in [1.807, 2.05) is 4.90 Å². The minimum absolute atomic E-state index is 0.0161. The van der Waals surface area contributed by atoms with Gasteiger partial charge in [-0.05, 0) is 43.1 Å². The van der Waals surface area contributed by atoms with Gasteiger partial charge >= 0.3 is 0 Å². The van der Waals surface area contributed by atoms with Gasteiger partial charge in [0.2, 0.25) is 0 Å². The molecular formula is C20H20F2N2O2.